The van der Waals surface area contributed by atoms with E-state index >= 15 is 0 Å². The summed E-state index contributed by atoms with van der Waals surface area (Å²) in [6.45, 7) is 0.125. The molecule has 2 aromatic carbocycles. The summed E-state index contributed by atoms with van der Waals surface area (Å²) in [4.78, 5) is 40.8. The first-order chi connectivity index (χ1) is 15.9. The third-order valence-electron chi connectivity index (χ3n) is 4.39. The van der Waals surface area contributed by atoms with E-state index in [4.69, 9.17) is 16.2 Å². The largest absolute Gasteiger partial charge is 0.445 e. The summed E-state index contributed by atoms with van der Waals surface area (Å²) < 4.78 is 5.08. The summed E-state index contributed by atoms with van der Waals surface area (Å²) in [5, 5.41) is 4.89. The molecule has 0 radical (unpaired) electrons. The Morgan fingerprint density at radius 2 is 1.61 bits per heavy atom. The number of amides is 2. The van der Waals surface area contributed by atoms with E-state index in [9.17, 15) is 14.4 Å². The lowest BCUT2D eigenvalue weighted by Gasteiger charge is -2.17. The van der Waals surface area contributed by atoms with Crippen molar-refractivity contribution in [3.8, 4) is 0 Å². The van der Waals surface area contributed by atoms with Gasteiger partial charge >= 0.3 is 6.09 Å². The minimum Gasteiger partial charge on any atom is -0.445 e. The number of hydrogen-bond acceptors (Lipinski definition) is 6. The minimum atomic E-state index is -0.734. The Morgan fingerprint density at radius 1 is 0.970 bits per heavy atom. The van der Waals surface area contributed by atoms with Crippen LogP contribution in [-0.2, 0) is 26.7 Å². The van der Waals surface area contributed by atoms with Crippen LogP contribution in [0.2, 0.25) is 0 Å². The van der Waals surface area contributed by atoms with Crippen molar-refractivity contribution >= 4 is 34.8 Å². The van der Waals surface area contributed by atoms with Gasteiger partial charge in [0.25, 0.3) is 0 Å². The molecule has 1 atom stereocenters. The Labute approximate surface area is 197 Å². The Bertz CT molecular complexity index is 921. The number of carbonyl (C=O) groups excluding carboxylic acids is 3. The second-order valence-corrected chi connectivity index (χ2v) is 8.06. The van der Waals surface area contributed by atoms with Crippen molar-refractivity contribution in [3.63, 3.8) is 0 Å². The molecule has 0 aromatic heterocycles. The molecule has 6 N–H and O–H groups in total. The fourth-order valence-corrected chi connectivity index (χ4v) is 3.63. The SMILES string of the molecule is NC(N)=NCCCC(NC(=O)CNC(=O)OCc1ccccc1)C(=O)SCc1ccccc1. The van der Waals surface area contributed by atoms with Crippen LogP contribution in [0, 0.1) is 0 Å². The Morgan fingerprint density at radius 3 is 2.24 bits per heavy atom. The number of benzene rings is 2. The molecule has 1 unspecified atom stereocenters. The molecule has 0 heterocycles. The van der Waals surface area contributed by atoms with E-state index in [1.807, 2.05) is 60.7 Å². The molecule has 176 valence electrons. The Kier molecular flexibility index (Phi) is 11.3. The van der Waals surface area contributed by atoms with E-state index in [0.29, 0.717) is 25.1 Å². The van der Waals surface area contributed by atoms with Crippen molar-refractivity contribution < 1.29 is 19.1 Å². The van der Waals surface area contributed by atoms with E-state index in [-0.39, 0.29) is 24.2 Å². The van der Waals surface area contributed by atoms with Gasteiger partial charge in [-0.05, 0) is 24.0 Å². The number of nitrogens with two attached hydrogens (primary N) is 2. The van der Waals surface area contributed by atoms with Gasteiger partial charge < -0.3 is 26.8 Å². The zero-order valence-electron chi connectivity index (χ0n) is 18.2. The van der Waals surface area contributed by atoms with Crippen molar-refractivity contribution in [1.82, 2.24) is 10.6 Å². The molecule has 0 spiro atoms. The maximum absolute atomic E-state index is 12.7. The Balaban J connectivity index is 1.82. The molecule has 33 heavy (non-hydrogen) atoms. The minimum absolute atomic E-state index is 0.0291. The highest BCUT2D eigenvalue weighted by atomic mass is 32.2. The number of aliphatic imine (C=N–C) groups is 1. The molecule has 0 aliphatic rings. The summed E-state index contributed by atoms with van der Waals surface area (Å²) in [6.07, 6.45) is 0.150. The highest BCUT2D eigenvalue weighted by molar-refractivity contribution is 8.13. The van der Waals surface area contributed by atoms with Crippen LogP contribution in [0.5, 0.6) is 0 Å². The smallest absolute Gasteiger partial charge is 0.407 e. The van der Waals surface area contributed by atoms with Crippen LogP contribution in [0.25, 0.3) is 0 Å². The van der Waals surface area contributed by atoms with Gasteiger partial charge in [-0.2, -0.15) is 0 Å². The lowest BCUT2D eigenvalue weighted by molar-refractivity contribution is -0.124. The van der Waals surface area contributed by atoms with E-state index in [0.717, 1.165) is 22.9 Å². The number of hydrogen-bond donors (Lipinski definition) is 4. The van der Waals surface area contributed by atoms with Gasteiger partial charge in [0.15, 0.2) is 5.96 Å². The number of thioether (sulfide) groups is 1. The van der Waals surface area contributed by atoms with Crippen molar-refractivity contribution in [2.75, 3.05) is 13.1 Å². The van der Waals surface area contributed by atoms with Gasteiger partial charge in [-0.25, -0.2) is 4.79 Å². The molecule has 0 saturated carbocycles. The van der Waals surface area contributed by atoms with Crippen molar-refractivity contribution in [2.45, 2.75) is 31.2 Å². The molecule has 0 bridgehead atoms. The molecule has 2 aromatic rings. The standard InChI is InChI=1S/C23H29N5O4S/c24-22(25)26-13-7-12-19(21(30)33-16-18-10-5-2-6-11-18)28-20(29)14-27-23(31)32-15-17-8-3-1-4-9-17/h1-6,8-11,19H,7,12-16H2,(H,27,31)(H,28,29)(H4,24,25,26). The maximum atomic E-state index is 12.7. The van der Waals surface area contributed by atoms with E-state index in [2.05, 4.69) is 15.6 Å². The molecule has 10 heteroatoms. The number of carbonyl (C=O) groups is 3. The number of nitrogens with zero attached hydrogens (tertiary/aromatic N) is 1. The topological polar surface area (TPSA) is 149 Å². The first-order valence-electron chi connectivity index (χ1n) is 10.4. The third-order valence-corrected chi connectivity index (χ3v) is 5.44. The summed E-state index contributed by atoms with van der Waals surface area (Å²) in [6, 6.07) is 18.0. The van der Waals surface area contributed by atoms with E-state index in [1.165, 1.54) is 0 Å². The zero-order valence-corrected chi connectivity index (χ0v) is 19.1. The fraction of sp³-hybridized carbons (Fsp3) is 0.304. The van der Waals surface area contributed by atoms with Crippen molar-refractivity contribution in [3.05, 3.63) is 71.8 Å². The van der Waals surface area contributed by atoms with Gasteiger partial charge in [0, 0.05) is 12.3 Å². The second kappa shape index (κ2) is 14.5. The van der Waals surface area contributed by atoms with Gasteiger partial charge in [0.05, 0.1) is 6.04 Å². The lowest BCUT2D eigenvalue weighted by Crippen LogP contribution is -2.45. The average molecular weight is 472 g/mol. The summed E-state index contributed by atoms with van der Waals surface area (Å²) in [7, 11) is 0. The van der Waals surface area contributed by atoms with Crippen LogP contribution >= 0.6 is 11.8 Å². The molecule has 2 amide bonds. The second-order valence-electron chi connectivity index (χ2n) is 7.08. The normalized spacial score (nSPS) is 11.2. The van der Waals surface area contributed by atoms with Crippen LogP contribution in [0.4, 0.5) is 4.79 Å². The highest BCUT2D eigenvalue weighted by Gasteiger charge is 2.21. The molecule has 0 saturated heterocycles. The van der Waals surface area contributed by atoms with Crippen LogP contribution < -0.4 is 22.1 Å². The van der Waals surface area contributed by atoms with Gasteiger partial charge in [-0.1, -0.05) is 72.4 Å². The maximum Gasteiger partial charge on any atom is 0.407 e. The molecule has 9 nitrogen and oxygen atoms in total. The third kappa shape index (κ3) is 11.1. The first kappa shape index (κ1) is 25.7. The quantitative estimate of drug-likeness (QED) is 0.210. The molecular weight excluding hydrogens is 442 g/mol. The molecular formula is C23H29N5O4S. The number of alkyl carbamates (subject to hydrolysis) is 1. The number of ether oxygens (including phenoxy) is 1. The fourth-order valence-electron chi connectivity index (χ4n) is 2.75. The van der Waals surface area contributed by atoms with Crippen molar-refractivity contribution in [2.24, 2.45) is 16.5 Å². The van der Waals surface area contributed by atoms with Gasteiger partial charge in [-0.3, -0.25) is 14.6 Å². The highest BCUT2D eigenvalue weighted by Crippen LogP contribution is 2.16. The van der Waals surface area contributed by atoms with Crippen LogP contribution in [-0.4, -0.2) is 42.2 Å². The number of nitrogens with one attached hydrogen (secondary N) is 2. The summed E-state index contributed by atoms with van der Waals surface area (Å²) in [5.41, 5.74) is 12.5. The zero-order chi connectivity index (χ0) is 23.9. The number of rotatable bonds is 12. The van der Waals surface area contributed by atoms with Crippen LogP contribution in [0.15, 0.2) is 65.7 Å². The molecule has 0 aliphatic heterocycles. The average Bonchev–Trinajstić information content (AvgIpc) is 2.83. The molecule has 0 fully saturated rings. The molecule has 0 aliphatic carbocycles. The molecule has 2 rings (SSSR count). The van der Waals surface area contributed by atoms with Gasteiger partial charge in [-0.15, -0.1) is 0 Å². The monoisotopic (exact) mass is 471 g/mol. The van der Waals surface area contributed by atoms with E-state index < -0.39 is 18.0 Å². The van der Waals surface area contributed by atoms with Gasteiger partial charge in [0.2, 0.25) is 11.0 Å². The van der Waals surface area contributed by atoms with Crippen LogP contribution in [0.1, 0.15) is 24.0 Å². The van der Waals surface area contributed by atoms with E-state index in [1.54, 1.807) is 0 Å². The number of guanidine groups is 1. The lowest BCUT2D eigenvalue weighted by atomic mass is 10.1. The predicted octanol–water partition coefficient (Wildman–Crippen LogP) is 1.91. The predicted molar refractivity (Wildman–Crippen MR) is 129 cm³/mol. The summed E-state index contributed by atoms with van der Waals surface area (Å²) >= 11 is 1.12. The first-order valence-corrected chi connectivity index (χ1v) is 11.4. The van der Waals surface area contributed by atoms with Crippen molar-refractivity contribution in [1.29, 1.82) is 0 Å². The van der Waals surface area contributed by atoms with Gasteiger partial charge in [0.1, 0.15) is 13.2 Å². The Hall–Kier alpha value is -3.53. The summed E-state index contributed by atoms with van der Waals surface area (Å²) in [5.74, 6) is -0.0324. The van der Waals surface area contributed by atoms with Crippen LogP contribution in [0.3, 0.4) is 0 Å².